The summed E-state index contributed by atoms with van der Waals surface area (Å²) < 4.78 is 10.6. The quantitative estimate of drug-likeness (QED) is 0.901. The molecule has 1 aliphatic rings. The van der Waals surface area contributed by atoms with Crippen molar-refractivity contribution < 1.29 is 9.26 Å². The molecule has 0 radical (unpaired) electrons. The summed E-state index contributed by atoms with van der Waals surface area (Å²) in [5, 5.41) is 7.35. The van der Waals surface area contributed by atoms with Crippen molar-refractivity contribution in [3.05, 3.63) is 40.8 Å². The van der Waals surface area contributed by atoms with E-state index in [1.807, 2.05) is 26.0 Å². The highest BCUT2D eigenvalue weighted by atomic mass is 16.5. The largest absolute Gasteiger partial charge is 0.493 e. The summed E-state index contributed by atoms with van der Waals surface area (Å²) in [7, 11) is 0. The number of hydrogen-bond donors (Lipinski definition) is 1. The molecule has 4 nitrogen and oxygen atoms in total. The highest BCUT2D eigenvalue weighted by Crippen LogP contribution is 2.28. The molecule has 4 heteroatoms. The molecule has 1 aromatic carbocycles. The van der Waals surface area contributed by atoms with Crippen LogP contribution in [-0.4, -0.2) is 11.8 Å². The van der Waals surface area contributed by atoms with Gasteiger partial charge in [0.25, 0.3) is 0 Å². The van der Waals surface area contributed by atoms with Crippen LogP contribution in [0.25, 0.3) is 0 Å². The molecule has 0 atom stereocenters. The van der Waals surface area contributed by atoms with Crippen LogP contribution in [0.3, 0.4) is 0 Å². The number of ether oxygens (including phenoxy) is 1. The average molecular weight is 244 g/mol. The van der Waals surface area contributed by atoms with Crippen LogP contribution in [0.2, 0.25) is 0 Å². The minimum Gasteiger partial charge on any atom is -0.493 e. The maximum Gasteiger partial charge on any atom is 0.138 e. The smallest absolute Gasteiger partial charge is 0.138 e. The van der Waals surface area contributed by atoms with Gasteiger partial charge >= 0.3 is 0 Å². The lowest BCUT2D eigenvalue weighted by Gasteiger charge is -2.07. The van der Waals surface area contributed by atoms with Crippen LogP contribution in [0.15, 0.2) is 22.7 Å². The molecule has 0 spiro atoms. The summed E-state index contributed by atoms with van der Waals surface area (Å²) in [6.45, 7) is 5.43. The molecule has 0 fully saturated rings. The molecule has 1 aliphatic heterocycles. The Morgan fingerprint density at radius 3 is 3.00 bits per heavy atom. The first-order chi connectivity index (χ1) is 8.74. The number of aryl methyl sites for hydroxylation is 2. The van der Waals surface area contributed by atoms with E-state index >= 15 is 0 Å². The van der Waals surface area contributed by atoms with Gasteiger partial charge < -0.3 is 14.6 Å². The van der Waals surface area contributed by atoms with E-state index in [0.29, 0.717) is 0 Å². The van der Waals surface area contributed by atoms with Gasteiger partial charge in [0.05, 0.1) is 12.3 Å². The third kappa shape index (κ3) is 1.94. The third-order valence-corrected chi connectivity index (χ3v) is 3.34. The van der Waals surface area contributed by atoms with Crippen LogP contribution in [0, 0.1) is 13.8 Å². The van der Waals surface area contributed by atoms with E-state index in [2.05, 4.69) is 16.5 Å². The Balaban J connectivity index is 1.74. The maximum atomic E-state index is 5.49. The molecule has 0 saturated heterocycles. The molecule has 18 heavy (non-hydrogen) atoms. The minimum absolute atomic E-state index is 0.737. The lowest BCUT2D eigenvalue weighted by Crippen LogP contribution is -2.01. The van der Waals surface area contributed by atoms with Gasteiger partial charge in [-0.3, -0.25) is 0 Å². The molecule has 0 bridgehead atoms. The van der Waals surface area contributed by atoms with E-state index in [1.165, 1.54) is 5.56 Å². The summed E-state index contributed by atoms with van der Waals surface area (Å²) in [4.78, 5) is 0. The Kier molecular flexibility index (Phi) is 2.70. The predicted octanol–water partition coefficient (Wildman–Crippen LogP) is 2.84. The SMILES string of the molecule is Cc1noc(C)c1CNc1ccc2c(c1)CCO2. The molecule has 1 N–H and O–H groups in total. The van der Waals surface area contributed by atoms with Gasteiger partial charge in [-0.1, -0.05) is 5.16 Å². The molecule has 1 aromatic heterocycles. The van der Waals surface area contributed by atoms with Crippen molar-refractivity contribution >= 4 is 5.69 Å². The molecule has 2 aromatic rings. The maximum absolute atomic E-state index is 5.49. The molecule has 0 amide bonds. The zero-order chi connectivity index (χ0) is 12.5. The number of nitrogens with zero attached hydrogens (tertiary/aromatic N) is 1. The second-order valence-corrected chi connectivity index (χ2v) is 4.58. The predicted molar refractivity (Wildman–Crippen MR) is 68.9 cm³/mol. The molecular formula is C14H16N2O2. The molecule has 94 valence electrons. The van der Waals surface area contributed by atoms with E-state index in [0.717, 1.165) is 48.0 Å². The van der Waals surface area contributed by atoms with Crippen molar-refractivity contribution in [1.29, 1.82) is 0 Å². The number of anilines is 1. The Hall–Kier alpha value is -1.97. The molecule has 3 rings (SSSR count). The van der Waals surface area contributed by atoms with Crippen molar-refractivity contribution in [3.63, 3.8) is 0 Å². The Morgan fingerprint density at radius 1 is 1.33 bits per heavy atom. The first kappa shape index (κ1) is 11.1. The van der Waals surface area contributed by atoms with Crippen LogP contribution in [-0.2, 0) is 13.0 Å². The average Bonchev–Trinajstić information content (AvgIpc) is 2.94. The van der Waals surface area contributed by atoms with E-state index in [9.17, 15) is 0 Å². The first-order valence-corrected chi connectivity index (χ1v) is 6.15. The number of aromatic nitrogens is 1. The number of rotatable bonds is 3. The highest BCUT2D eigenvalue weighted by molar-refractivity contribution is 5.52. The fourth-order valence-corrected chi connectivity index (χ4v) is 2.24. The summed E-state index contributed by atoms with van der Waals surface area (Å²) in [6.07, 6.45) is 0.996. The van der Waals surface area contributed by atoms with E-state index in [1.54, 1.807) is 0 Å². The van der Waals surface area contributed by atoms with E-state index in [4.69, 9.17) is 9.26 Å². The number of fused-ring (bicyclic) bond motifs is 1. The van der Waals surface area contributed by atoms with Crippen LogP contribution in [0.4, 0.5) is 5.69 Å². The number of benzene rings is 1. The summed E-state index contributed by atoms with van der Waals surface area (Å²) >= 11 is 0. The second kappa shape index (κ2) is 4.37. The normalized spacial score (nSPS) is 13.2. The number of hydrogen-bond acceptors (Lipinski definition) is 4. The van der Waals surface area contributed by atoms with Crippen molar-refractivity contribution in [2.45, 2.75) is 26.8 Å². The lowest BCUT2D eigenvalue weighted by molar-refractivity contribution is 0.357. The monoisotopic (exact) mass is 244 g/mol. The fourth-order valence-electron chi connectivity index (χ4n) is 2.24. The van der Waals surface area contributed by atoms with Crippen LogP contribution in [0.5, 0.6) is 5.75 Å². The van der Waals surface area contributed by atoms with Gasteiger partial charge in [0, 0.05) is 24.2 Å². The van der Waals surface area contributed by atoms with Crippen LogP contribution < -0.4 is 10.1 Å². The topological polar surface area (TPSA) is 47.3 Å². The van der Waals surface area contributed by atoms with Crippen molar-refractivity contribution in [2.24, 2.45) is 0 Å². The summed E-state index contributed by atoms with van der Waals surface area (Å²) in [5.41, 5.74) is 4.47. The van der Waals surface area contributed by atoms with Gasteiger partial charge in [-0.15, -0.1) is 0 Å². The van der Waals surface area contributed by atoms with Crippen molar-refractivity contribution in [2.75, 3.05) is 11.9 Å². The number of nitrogens with one attached hydrogen (secondary N) is 1. The third-order valence-electron chi connectivity index (χ3n) is 3.34. The Labute approximate surface area is 106 Å². The van der Waals surface area contributed by atoms with E-state index in [-0.39, 0.29) is 0 Å². The zero-order valence-corrected chi connectivity index (χ0v) is 10.6. The Bertz CT molecular complexity index is 556. The van der Waals surface area contributed by atoms with Crippen LogP contribution >= 0.6 is 0 Å². The molecule has 2 heterocycles. The Morgan fingerprint density at radius 2 is 2.22 bits per heavy atom. The van der Waals surface area contributed by atoms with Gasteiger partial charge in [-0.25, -0.2) is 0 Å². The standard InChI is InChI=1S/C14H16N2O2/c1-9-13(10(2)18-16-9)8-15-12-3-4-14-11(7-12)5-6-17-14/h3-4,7,15H,5-6,8H2,1-2H3. The summed E-state index contributed by atoms with van der Waals surface area (Å²) in [5.74, 6) is 1.89. The highest BCUT2D eigenvalue weighted by Gasteiger charge is 2.13. The van der Waals surface area contributed by atoms with Gasteiger partial charge in [0.1, 0.15) is 11.5 Å². The fraction of sp³-hybridized carbons (Fsp3) is 0.357. The van der Waals surface area contributed by atoms with Gasteiger partial charge in [-0.05, 0) is 37.6 Å². The minimum atomic E-state index is 0.737. The van der Waals surface area contributed by atoms with Crippen molar-refractivity contribution in [3.8, 4) is 5.75 Å². The van der Waals surface area contributed by atoms with E-state index < -0.39 is 0 Å². The van der Waals surface area contributed by atoms with Crippen LogP contribution in [0.1, 0.15) is 22.6 Å². The van der Waals surface area contributed by atoms with Gasteiger partial charge in [0.2, 0.25) is 0 Å². The molecular weight excluding hydrogens is 228 g/mol. The van der Waals surface area contributed by atoms with Gasteiger partial charge in [-0.2, -0.15) is 0 Å². The van der Waals surface area contributed by atoms with Crippen molar-refractivity contribution in [1.82, 2.24) is 5.16 Å². The molecule has 0 saturated carbocycles. The summed E-state index contributed by atoms with van der Waals surface area (Å²) in [6, 6.07) is 6.22. The van der Waals surface area contributed by atoms with Gasteiger partial charge in [0.15, 0.2) is 0 Å². The molecule has 0 aliphatic carbocycles. The first-order valence-electron chi connectivity index (χ1n) is 6.15. The zero-order valence-electron chi connectivity index (χ0n) is 10.6. The lowest BCUT2D eigenvalue weighted by atomic mass is 10.1. The second-order valence-electron chi connectivity index (χ2n) is 4.58. The molecule has 0 unspecified atom stereocenters.